The van der Waals surface area contributed by atoms with Gasteiger partial charge in [-0.25, -0.2) is 68.3 Å². The van der Waals surface area contributed by atoms with E-state index < -0.39 is 18.3 Å². The molecule has 8 aromatic heterocycles. The Kier molecular flexibility index (Phi) is 42.5. The van der Waals surface area contributed by atoms with E-state index in [0.717, 1.165) is 196 Å². The van der Waals surface area contributed by atoms with Crippen molar-refractivity contribution in [2.45, 2.75) is 184 Å². The number of carbonyl (C=O) groups excluding carboxylic acids is 4. The topological polar surface area (TPSA) is 489 Å². The Bertz CT molecular complexity index is 6470. The van der Waals surface area contributed by atoms with Crippen LogP contribution < -0.4 is 181 Å². The first-order chi connectivity index (χ1) is 65.4. The number of H-pyrrole nitrogens is 1. The SMILES string of the molecule is CC(C)(C)OC(=O)N1CCC(Cn2nc(I)c3c(N)ncnc32)CC1.CCC1CCN(C(=O)OC(C)(C)C)CC1.CCOc1ccc2cc(-c3nn(CC4CCN(C(=O)OC(C)(C)C)CC4)c4ncnc(N)c34)ccc2c1.CCOc1ccc2cc(-c3nn(CC4CCN(C)CC4)c4ncnc(N)c34)ccc2c1.Cc1ccc2cc(B(O)O)ccc2c1.Nc1ncnc2n[nH]c(I)c12.O=CO[O-].[Cs+].[Cs+].[H-]. The quantitative estimate of drug-likeness (QED) is 0.0126. The molecule has 0 saturated carbocycles. The van der Waals surface area contributed by atoms with E-state index in [1.165, 1.54) is 50.1 Å². The monoisotopic (exact) mass is 2360 g/mol. The standard InChI is InChI=1S/C28H34N6O3.C24H28N6O.C16H23IN6O2.C12H23NO2.C11H11BO2.C5H4IN5.CH2O3.2Cs.H/c1-5-36-22-9-8-19-14-21(7-6-20(19)15-22)24-23-25(29)30-17-31-26(23)34(32-24)16-18-10-12-33(13-11-18)27(35)37-28(2,3)4;1-3-31-20-7-6-17-12-19(5-4-18(17)13-20)22-21-23(25)26-15-27-24(21)30(28-22)14-16-8-10-29(2)11-9-16;1-16(2,3)25-15(24)22-6-4-10(5-7-22)8-23-14-11(12(17)21-23)13(18)19-9-20-14;1-5-10-6-8-13(9-7-10)11(14)15-12(2,3)4;1-8-2-3-10-7-11(12(13)14)5-4-9(10)6-8;6-3-2-4(7)8-1-9-5(2)11-10-3;2-1-4-3;;;/h6-9,14-15,17-18H,5,10-13,16H2,1-4H3,(H2,29,30,31);4-7,12-13,15-16H,3,8-11,14H2,1-2H3,(H2,25,26,27);9-10H,4-8H2,1-3H3,(H2,18,19,20);10H,5-9H2,1-4H3;2-7,13-14H,1H3;1H,(H3,7,8,9,10,11);1,3H;;;/q;;;;;;;2*+1;-1/p-1. The number of anilines is 4. The normalized spacial score (nSPS) is 14.5. The molecule has 139 heavy (non-hydrogen) atoms. The van der Waals surface area contributed by atoms with Gasteiger partial charge < -0.3 is 87.8 Å². The van der Waals surface area contributed by atoms with Crippen LogP contribution in [-0.4, -0.2) is 230 Å². The number of rotatable bonds is 15. The van der Waals surface area contributed by atoms with Gasteiger partial charge in [0.05, 0.1) is 34.8 Å². The van der Waals surface area contributed by atoms with Gasteiger partial charge in [0.1, 0.15) is 95.7 Å². The van der Waals surface area contributed by atoms with Crippen LogP contribution in [0.1, 0.15) is 148 Å². The van der Waals surface area contributed by atoms with Crippen molar-refractivity contribution in [3.05, 3.63) is 147 Å². The number of nitrogen functional groups attached to an aromatic ring is 4. The predicted molar refractivity (Wildman–Crippen MR) is 548 cm³/mol. The van der Waals surface area contributed by atoms with Gasteiger partial charge in [-0.3, -0.25) is 9.89 Å². The minimum atomic E-state index is -1.39. The average molecular weight is 2370 g/mol. The molecule has 6 aromatic carbocycles. The number of hydrogen-bond donors (Lipinski definition) is 7. The molecule has 4 aliphatic rings. The summed E-state index contributed by atoms with van der Waals surface area (Å²) >= 11 is 4.26. The molecule has 3 amide bonds. The van der Waals surface area contributed by atoms with E-state index in [2.05, 4.69) is 185 Å². The van der Waals surface area contributed by atoms with Crippen LogP contribution in [0.3, 0.4) is 0 Å². The number of likely N-dealkylation sites (tertiary alicyclic amines) is 4. The molecule has 0 aliphatic carbocycles. The van der Waals surface area contributed by atoms with Gasteiger partial charge >= 0.3 is 163 Å². The maximum Gasteiger partial charge on any atom is 1.00 e. The van der Waals surface area contributed by atoms with Crippen LogP contribution in [-0.2, 0) is 43.5 Å². The molecule has 14 aromatic rings. The summed E-state index contributed by atoms with van der Waals surface area (Å²) in [5.41, 5.74) is 31.1. The summed E-state index contributed by atoms with van der Waals surface area (Å²) in [6, 6.07) is 36.3. The zero-order chi connectivity index (χ0) is 98.6. The molecule has 0 radical (unpaired) electrons. The van der Waals surface area contributed by atoms with E-state index in [1.807, 2.05) is 138 Å². The number of fused-ring (bicyclic) bond motifs is 7. The van der Waals surface area contributed by atoms with Gasteiger partial charge in [0, 0.05) is 70.0 Å². The fourth-order valence-electron chi connectivity index (χ4n) is 16.6. The Morgan fingerprint density at radius 1 is 0.475 bits per heavy atom. The first-order valence-electron chi connectivity index (χ1n) is 46.1. The minimum Gasteiger partial charge on any atom is -1.00 e. The summed E-state index contributed by atoms with van der Waals surface area (Å²) in [7, 11) is 0.795. The van der Waals surface area contributed by atoms with Gasteiger partial charge in [0.15, 0.2) is 22.6 Å². The molecule has 12 heterocycles. The van der Waals surface area contributed by atoms with Crippen LogP contribution >= 0.6 is 45.2 Å². The summed E-state index contributed by atoms with van der Waals surface area (Å²) in [5, 5.41) is 57.4. The largest absolute Gasteiger partial charge is 1.00 e. The Balaban J connectivity index is 0.000000194. The number of benzene rings is 6. The van der Waals surface area contributed by atoms with Crippen molar-refractivity contribution in [3.8, 4) is 34.0 Å². The summed E-state index contributed by atoms with van der Waals surface area (Å²) in [6.07, 6.45) is 14.6. The summed E-state index contributed by atoms with van der Waals surface area (Å²) in [5.74, 6) is 5.74. The fraction of sp³-hybridized carbons (Fsp3) is 0.443. The van der Waals surface area contributed by atoms with Crippen molar-refractivity contribution in [1.29, 1.82) is 0 Å². The number of aryl methyl sites for hydroxylation is 1. The van der Waals surface area contributed by atoms with Crippen LogP contribution in [0.15, 0.2) is 135 Å². The molecule has 4 fully saturated rings. The molecule has 42 heteroatoms. The molecule has 0 atom stereocenters. The van der Waals surface area contributed by atoms with E-state index in [9.17, 15) is 14.4 Å². The van der Waals surface area contributed by atoms with Crippen molar-refractivity contribution in [2.24, 2.45) is 23.7 Å². The second kappa shape index (κ2) is 52.4. The molecule has 4 saturated heterocycles. The number of ether oxygens (including phenoxy) is 5. The Morgan fingerprint density at radius 3 is 1.22 bits per heavy atom. The van der Waals surface area contributed by atoms with Gasteiger partial charge in [-0.2, -0.15) is 20.4 Å². The molecular formula is C97H125BCs2I2N24O13. The minimum absolute atomic E-state index is 0. The fourth-order valence-corrected chi connectivity index (χ4v) is 18.0. The molecule has 11 N–H and O–H groups in total. The van der Waals surface area contributed by atoms with E-state index in [1.54, 1.807) is 21.9 Å². The number of piperidine rings is 4. The van der Waals surface area contributed by atoms with Crippen LogP contribution in [0.5, 0.6) is 11.5 Å². The number of nitrogens with two attached hydrogens (primary N) is 4. The van der Waals surface area contributed by atoms with Crippen molar-refractivity contribution in [1.82, 2.24) is 99.0 Å². The van der Waals surface area contributed by atoms with Gasteiger partial charge in [-0.1, -0.05) is 91.7 Å². The molecule has 730 valence electrons. The third kappa shape index (κ3) is 31.7. The maximum absolute atomic E-state index is 12.4. The number of nitrogens with one attached hydrogen (secondary N) is 1. The number of halogens is 2. The molecule has 4 aliphatic heterocycles. The summed E-state index contributed by atoms with van der Waals surface area (Å²) in [6.45, 7) is 35.4. The van der Waals surface area contributed by atoms with E-state index in [4.69, 9.17) is 76.9 Å². The van der Waals surface area contributed by atoms with Crippen molar-refractivity contribution in [2.75, 3.05) is 95.6 Å². The first-order valence-corrected chi connectivity index (χ1v) is 48.2. The average Bonchev–Trinajstić information content (AvgIpc) is 1.63. The van der Waals surface area contributed by atoms with Crippen LogP contribution in [0.2, 0.25) is 0 Å². The molecule has 0 unspecified atom stereocenters. The number of hydrogen-bond acceptors (Lipinski definition) is 30. The number of amides is 3. The third-order valence-corrected chi connectivity index (χ3v) is 25.2. The van der Waals surface area contributed by atoms with Gasteiger partial charge in [0.25, 0.3) is 6.47 Å². The number of aromatic amines is 1. The molecule has 18 rings (SSSR count). The molecule has 0 spiro atoms. The zero-order valence-corrected chi connectivity index (χ0v) is 99.0. The van der Waals surface area contributed by atoms with E-state index in [-0.39, 0.29) is 170 Å². The van der Waals surface area contributed by atoms with Gasteiger partial charge in [-0.05, 0) is 298 Å². The van der Waals surface area contributed by atoms with Crippen LogP contribution in [0, 0.1) is 38.0 Å². The zero-order valence-electron chi connectivity index (χ0n) is 83.2. The van der Waals surface area contributed by atoms with E-state index >= 15 is 0 Å². The van der Waals surface area contributed by atoms with Gasteiger partial charge in [-0.15, -0.1) is 0 Å². The number of aromatic nitrogens is 16. The van der Waals surface area contributed by atoms with Crippen LogP contribution in [0.4, 0.5) is 37.7 Å². The predicted octanol–water partition coefficient (Wildman–Crippen LogP) is 8.87. The van der Waals surface area contributed by atoms with Gasteiger partial charge in [0.2, 0.25) is 0 Å². The molecular weight excluding hydrogens is 2240 g/mol. The molecule has 0 bridgehead atoms. The third-order valence-electron chi connectivity index (χ3n) is 23.6. The number of carbonyl (C=O) groups is 4. The Morgan fingerprint density at radius 2 is 0.820 bits per heavy atom. The Labute approximate surface area is 955 Å². The second-order valence-electron chi connectivity index (χ2n) is 37.3. The molecule has 37 nitrogen and oxygen atoms in total. The number of nitrogens with zero attached hydrogens (tertiary/aromatic N) is 19. The smallest absolute Gasteiger partial charge is 1.00 e. The second-order valence-corrected chi connectivity index (χ2v) is 39.4. The summed E-state index contributed by atoms with van der Waals surface area (Å²) < 4.78 is 35.1. The van der Waals surface area contributed by atoms with Crippen LogP contribution in [0.25, 0.3) is 99.0 Å². The van der Waals surface area contributed by atoms with Crippen molar-refractivity contribution >= 4 is 182 Å². The maximum atomic E-state index is 12.4. The van der Waals surface area contributed by atoms with Crippen molar-refractivity contribution < 1.29 is 202 Å². The Hall–Kier alpha value is -8.15. The van der Waals surface area contributed by atoms with E-state index in [0.29, 0.717) is 98.1 Å². The van der Waals surface area contributed by atoms with Crippen molar-refractivity contribution in [3.63, 3.8) is 0 Å². The first kappa shape index (κ1) is 113. The summed E-state index contributed by atoms with van der Waals surface area (Å²) in [4.78, 5) is 89.1.